The molecule has 4 N–H and O–H groups in total. The molecule has 1 fully saturated rings. The van der Waals surface area contributed by atoms with Gasteiger partial charge < -0.3 is 25.8 Å². The number of carbonyl (C=O) groups is 1. The number of methoxy groups -OCH3 is 1. The van der Waals surface area contributed by atoms with E-state index >= 15 is 0 Å². The number of pyridine rings is 1. The number of fused-ring (bicyclic) bond motifs is 1. The van der Waals surface area contributed by atoms with Gasteiger partial charge in [0.2, 0.25) is 5.88 Å². The van der Waals surface area contributed by atoms with E-state index in [9.17, 15) is 9.90 Å². The van der Waals surface area contributed by atoms with Crippen LogP contribution in [0.4, 0.5) is 17.3 Å². The van der Waals surface area contributed by atoms with E-state index in [-0.39, 0.29) is 11.9 Å². The van der Waals surface area contributed by atoms with Crippen molar-refractivity contribution in [2.75, 3.05) is 24.8 Å². The first-order valence-electron chi connectivity index (χ1n) is 8.92. The van der Waals surface area contributed by atoms with E-state index in [1.165, 1.54) is 13.3 Å². The third-order valence-electron chi connectivity index (χ3n) is 4.75. The summed E-state index contributed by atoms with van der Waals surface area (Å²) in [5.41, 5.74) is 1.37. The van der Waals surface area contributed by atoms with E-state index in [1.54, 1.807) is 29.9 Å². The molecular weight excluding hydrogens is 362 g/mol. The van der Waals surface area contributed by atoms with Gasteiger partial charge in [0.25, 0.3) is 5.91 Å². The number of rotatable bonds is 6. The molecule has 3 aromatic rings. The van der Waals surface area contributed by atoms with E-state index in [4.69, 9.17) is 4.74 Å². The van der Waals surface area contributed by atoms with Crippen LogP contribution in [0.5, 0.6) is 5.88 Å². The second kappa shape index (κ2) is 7.31. The van der Waals surface area contributed by atoms with Gasteiger partial charge in [-0.05, 0) is 25.0 Å². The summed E-state index contributed by atoms with van der Waals surface area (Å²) < 4.78 is 6.81. The van der Waals surface area contributed by atoms with Crippen molar-refractivity contribution >= 4 is 28.9 Å². The fraction of sp³-hybridized carbons (Fsp3) is 0.333. The van der Waals surface area contributed by atoms with Crippen molar-refractivity contribution in [2.45, 2.75) is 25.0 Å². The molecule has 2 atom stereocenters. The Kier molecular flexibility index (Phi) is 4.70. The van der Waals surface area contributed by atoms with Crippen LogP contribution >= 0.6 is 0 Å². The molecule has 4 rings (SSSR count). The quantitative estimate of drug-likeness (QED) is 0.500. The molecular formula is C18H21N7O3. The maximum atomic E-state index is 12.7. The third kappa shape index (κ3) is 3.18. The number of carbonyl (C=O) groups excluding carboxylic acids is 1. The zero-order valence-electron chi connectivity index (χ0n) is 15.5. The van der Waals surface area contributed by atoms with Crippen LogP contribution < -0.4 is 20.7 Å². The lowest BCUT2D eigenvalue weighted by Gasteiger charge is -2.32. The lowest BCUT2D eigenvalue weighted by molar-refractivity contribution is 0.0448. The molecule has 0 bridgehead atoms. The smallest absolute Gasteiger partial charge is 0.257 e. The molecule has 3 heterocycles. The summed E-state index contributed by atoms with van der Waals surface area (Å²) in [4.78, 5) is 21.4. The number of hydrogen-bond donors (Lipinski definition) is 4. The SMILES string of the molecule is CNc1cc(Nc2cccnc2OC)nc2c(C(=O)N[C@H]3CCC3O)cnn12. The molecule has 3 aromatic heterocycles. The minimum absolute atomic E-state index is 0.229. The van der Waals surface area contributed by atoms with Crippen LogP contribution in [0.25, 0.3) is 5.65 Å². The molecule has 1 unspecified atom stereocenters. The van der Waals surface area contributed by atoms with Crippen LogP contribution in [0.3, 0.4) is 0 Å². The van der Waals surface area contributed by atoms with Gasteiger partial charge in [0.05, 0.1) is 25.5 Å². The Morgan fingerprint density at radius 3 is 2.93 bits per heavy atom. The molecule has 10 nitrogen and oxygen atoms in total. The molecule has 146 valence electrons. The predicted octanol–water partition coefficient (Wildman–Crippen LogP) is 1.17. The molecule has 0 radical (unpaired) electrons. The number of hydrogen-bond acceptors (Lipinski definition) is 8. The summed E-state index contributed by atoms with van der Waals surface area (Å²) >= 11 is 0. The molecule has 28 heavy (non-hydrogen) atoms. The van der Waals surface area contributed by atoms with Gasteiger partial charge in [-0.25, -0.2) is 9.97 Å². The van der Waals surface area contributed by atoms with Crippen molar-refractivity contribution in [1.29, 1.82) is 0 Å². The molecule has 0 aliphatic heterocycles. The van der Waals surface area contributed by atoms with Crippen LogP contribution in [0, 0.1) is 0 Å². The summed E-state index contributed by atoms with van der Waals surface area (Å²) in [5, 5.41) is 23.0. The van der Waals surface area contributed by atoms with Crippen molar-refractivity contribution in [3.63, 3.8) is 0 Å². The topological polar surface area (TPSA) is 126 Å². The number of anilines is 3. The van der Waals surface area contributed by atoms with E-state index in [1.807, 2.05) is 6.07 Å². The highest BCUT2D eigenvalue weighted by Gasteiger charge is 2.31. The summed E-state index contributed by atoms with van der Waals surface area (Å²) in [6.07, 6.45) is 4.06. The maximum absolute atomic E-state index is 12.7. The van der Waals surface area contributed by atoms with Gasteiger partial charge in [-0.2, -0.15) is 9.61 Å². The van der Waals surface area contributed by atoms with Crippen LogP contribution in [0.2, 0.25) is 0 Å². The number of aliphatic hydroxyl groups excluding tert-OH is 1. The van der Waals surface area contributed by atoms with Gasteiger partial charge in [-0.15, -0.1) is 0 Å². The van der Waals surface area contributed by atoms with Crippen molar-refractivity contribution in [3.05, 3.63) is 36.2 Å². The normalized spacial score (nSPS) is 18.4. The molecule has 10 heteroatoms. The number of aromatic nitrogens is 4. The summed E-state index contributed by atoms with van der Waals surface area (Å²) in [6.45, 7) is 0. The van der Waals surface area contributed by atoms with Crippen molar-refractivity contribution in [3.8, 4) is 5.88 Å². The summed E-state index contributed by atoms with van der Waals surface area (Å²) in [7, 11) is 3.30. The van der Waals surface area contributed by atoms with Crippen LogP contribution in [0.15, 0.2) is 30.6 Å². The number of amides is 1. The van der Waals surface area contributed by atoms with Gasteiger partial charge in [-0.1, -0.05) is 0 Å². The van der Waals surface area contributed by atoms with Gasteiger partial charge in [0.15, 0.2) is 5.65 Å². The zero-order valence-corrected chi connectivity index (χ0v) is 15.5. The Morgan fingerprint density at radius 2 is 2.25 bits per heavy atom. The number of aliphatic hydroxyl groups is 1. The van der Waals surface area contributed by atoms with Crippen LogP contribution in [-0.2, 0) is 0 Å². The lowest BCUT2D eigenvalue weighted by atomic mass is 9.89. The Labute approximate surface area is 161 Å². The number of nitrogens with one attached hydrogen (secondary N) is 3. The van der Waals surface area contributed by atoms with Crippen molar-refractivity contribution in [1.82, 2.24) is 24.9 Å². The molecule has 1 amide bonds. The Balaban J connectivity index is 1.69. The van der Waals surface area contributed by atoms with Gasteiger partial charge in [0.1, 0.15) is 22.9 Å². The second-order valence-electron chi connectivity index (χ2n) is 6.48. The second-order valence-corrected chi connectivity index (χ2v) is 6.48. The Bertz CT molecular complexity index is 1020. The van der Waals surface area contributed by atoms with E-state index in [0.717, 1.165) is 6.42 Å². The fourth-order valence-electron chi connectivity index (χ4n) is 3.05. The number of nitrogens with zero attached hydrogens (tertiary/aromatic N) is 4. The van der Waals surface area contributed by atoms with E-state index < -0.39 is 6.10 Å². The monoisotopic (exact) mass is 383 g/mol. The largest absolute Gasteiger partial charge is 0.480 e. The van der Waals surface area contributed by atoms with Crippen molar-refractivity contribution in [2.24, 2.45) is 0 Å². The third-order valence-corrected chi connectivity index (χ3v) is 4.75. The minimum atomic E-state index is -0.498. The lowest BCUT2D eigenvalue weighted by Crippen LogP contribution is -2.50. The van der Waals surface area contributed by atoms with Gasteiger partial charge >= 0.3 is 0 Å². The first-order chi connectivity index (χ1) is 13.6. The first-order valence-corrected chi connectivity index (χ1v) is 8.92. The Hall–Kier alpha value is -3.40. The highest BCUT2D eigenvalue weighted by atomic mass is 16.5. The summed E-state index contributed by atoms with van der Waals surface area (Å²) in [6, 6.07) is 5.14. The average molecular weight is 383 g/mol. The molecule has 0 aromatic carbocycles. The van der Waals surface area contributed by atoms with E-state index in [0.29, 0.717) is 40.8 Å². The zero-order chi connectivity index (χ0) is 19.7. The first kappa shape index (κ1) is 18.0. The number of ether oxygens (including phenoxy) is 1. The summed E-state index contributed by atoms with van der Waals surface area (Å²) in [5.74, 6) is 1.27. The van der Waals surface area contributed by atoms with Crippen LogP contribution in [0.1, 0.15) is 23.2 Å². The predicted molar refractivity (Wildman–Crippen MR) is 103 cm³/mol. The van der Waals surface area contributed by atoms with Crippen molar-refractivity contribution < 1.29 is 14.6 Å². The Morgan fingerprint density at radius 1 is 1.39 bits per heavy atom. The fourth-order valence-corrected chi connectivity index (χ4v) is 3.05. The molecule has 1 aliphatic rings. The van der Waals surface area contributed by atoms with Gasteiger partial charge in [-0.3, -0.25) is 4.79 Å². The maximum Gasteiger partial charge on any atom is 0.257 e. The molecule has 1 saturated carbocycles. The highest BCUT2D eigenvalue weighted by molar-refractivity contribution is 6.00. The molecule has 1 aliphatic carbocycles. The van der Waals surface area contributed by atoms with E-state index in [2.05, 4.69) is 31.0 Å². The molecule has 0 spiro atoms. The highest BCUT2D eigenvalue weighted by Crippen LogP contribution is 2.27. The van der Waals surface area contributed by atoms with Crippen LogP contribution in [-0.4, -0.2) is 56.9 Å². The average Bonchev–Trinajstić information content (AvgIpc) is 3.14. The minimum Gasteiger partial charge on any atom is -0.480 e. The molecule has 0 saturated heterocycles. The standard InChI is InChI=1S/C18H21N7O3/c1-19-15-8-14(22-12-4-3-7-20-18(12)28-2)24-16-10(9-21-25(15)16)17(27)23-11-5-6-13(11)26/h3-4,7-9,11,13,19,26H,5-6H2,1-2H3,(H,22,24)(H,23,27)/t11-,13?/m0/s1. The van der Waals surface area contributed by atoms with Gasteiger partial charge in [0, 0.05) is 19.3 Å².